The maximum absolute atomic E-state index is 5.34. The molecular formula is C45H37N5. The number of rotatable bonds is 7. The molecule has 5 heteroatoms. The summed E-state index contributed by atoms with van der Waals surface area (Å²) < 4.78 is 0. The van der Waals surface area contributed by atoms with Crippen LogP contribution in [0.1, 0.15) is 54.2 Å². The molecule has 0 spiro atoms. The second-order valence-electron chi connectivity index (χ2n) is 13.0. The summed E-state index contributed by atoms with van der Waals surface area (Å²) in [4.78, 5) is 25.2. The van der Waals surface area contributed by atoms with Crippen LogP contribution in [0.25, 0.3) is 39.4 Å². The summed E-state index contributed by atoms with van der Waals surface area (Å²) in [6.45, 7) is 4.53. The van der Waals surface area contributed by atoms with E-state index in [4.69, 9.17) is 19.9 Å². The van der Waals surface area contributed by atoms with Crippen molar-refractivity contribution in [2.75, 3.05) is 0 Å². The number of pyridine rings is 2. The SMILES string of the molecule is CC1C(c2nc(-c3cccc(-c4ccccn4)c3)nc(C3C=C(c4ccccc4)C=C(c4ccccc4)C3C)n2)=CC=CC1c1ccccn1. The van der Waals surface area contributed by atoms with Crippen molar-refractivity contribution in [3.05, 3.63) is 193 Å². The van der Waals surface area contributed by atoms with E-state index in [0.717, 1.165) is 39.5 Å². The Balaban J connectivity index is 1.29. The van der Waals surface area contributed by atoms with Crippen molar-refractivity contribution in [1.29, 1.82) is 0 Å². The smallest absolute Gasteiger partial charge is 0.163 e. The maximum Gasteiger partial charge on any atom is 0.163 e. The van der Waals surface area contributed by atoms with Gasteiger partial charge in [-0.05, 0) is 64.4 Å². The zero-order valence-corrected chi connectivity index (χ0v) is 28.1. The van der Waals surface area contributed by atoms with Crippen LogP contribution in [0.3, 0.4) is 0 Å². The largest absolute Gasteiger partial charge is 0.261 e. The van der Waals surface area contributed by atoms with Gasteiger partial charge in [-0.3, -0.25) is 9.97 Å². The molecule has 50 heavy (non-hydrogen) atoms. The van der Waals surface area contributed by atoms with Gasteiger partial charge in [0.25, 0.3) is 0 Å². The van der Waals surface area contributed by atoms with Gasteiger partial charge in [0.15, 0.2) is 11.6 Å². The highest BCUT2D eigenvalue weighted by Gasteiger charge is 2.32. The van der Waals surface area contributed by atoms with E-state index in [2.05, 4.69) is 140 Å². The second kappa shape index (κ2) is 13.8. The fourth-order valence-electron chi connectivity index (χ4n) is 7.11. The van der Waals surface area contributed by atoms with Crippen molar-refractivity contribution in [1.82, 2.24) is 24.9 Å². The highest BCUT2D eigenvalue weighted by atomic mass is 15.0. The van der Waals surface area contributed by atoms with Crippen molar-refractivity contribution in [3.63, 3.8) is 0 Å². The van der Waals surface area contributed by atoms with E-state index in [9.17, 15) is 0 Å². The van der Waals surface area contributed by atoms with E-state index in [-0.39, 0.29) is 23.7 Å². The first-order valence-electron chi connectivity index (χ1n) is 17.2. The first-order chi connectivity index (χ1) is 24.6. The zero-order chi connectivity index (χ0) is 33.9. The van der Waals surface area contributed by atoms with Crippen LogP contribution in [0.2, 0.25) is 0 Å². The molecule has 3 aromatic carbocycles. The molecule has 2 aliphatic carbocycles. The molecule has 8 rings (SSSR count). The van der Waals surface area contributed by atoms with Crippen LogP contribution >= 0.6 is 0 Å². The van der Waals surface area contributed by atoms with Gasteiger partial charge in [0.1, 0.15) is 5.82 Å². The quantitative estimate of drug-likeness (QED) is 0.173. The molecule has 4 unspecified atom stereocenters. The summed E-state index contributed by atoms with van der Waals surface area (Å²) >= 11 is 0. The summed E-state index contributed by atoms with van der Waals surface area (Å²) in [7, 11) is 0. The van der Waals surface area contributed by atoms with Gasteiger partial charge < -0.3 is 0 Å². The van der Waals surface area contributed by atoms with Crippen molar-refractivity contribution in [2.24, 2.45) is 11.8 Å². The Hall–Kier alpha value is -6.07. The molecule has 5 nitrogen and oxygen atoms in total. The van der Waals surface area contributed by atoms with Gasteiger partial charge >= 0.3 is 0 Å². The van der Waals surface area contributed by atoms with E-state index >= 15 is 0 Å². The molecule has 0 saturated heterocycles. The minimum absolute atomic E-state index is 0.0912. The Morgan fingerprint density at radius 1 is 0.520 bits per heavy atom. The van der Waals surface area contributed by atoms with Crippen LogP contribution in [0.15, 0.2) is 164 Å². The number of hydrogen-bond acceptors (Lipinski definition) is 5. The fraction of sp³-hybridized carbons (Fsp3) is 0.133. The van der Waals surface area contributed by atoms with Gasteiger partial charge in [-0.15, -0.1) is 0 Å². The molecular weight excluding hydrogens is 611 g/mol. The molecule has 6 aromatic rings. The Bertz CT molecular complexity index is 2240. The van der Waals surface area contributed by atoms with Gasteiger partial charge in [-0.2, -0.15) is 0 Å². The van der Waals surface area contributed by atoms with Gasteiger partial charge in [-0.1, -0.05) is 135 Å². The lowest BCUT2D eigenvalue weighted by molar-refractivity contribution is 0.606. The van der Waals surface area contributed by atoms with E-state index in [0.29, 0.717) is 11.6 Å². The molecule has 0 bridgehead atoms. The molecule has 0 aliphatic heterocycles. The predicted molar refractivity (Wildman–Crippen MR) is 202 cm³/mol. The Morgan fingerprint density at radius 2 is 1.18 bits per heavy atom. The van der Waals surface area contributed by atoms with Crippen LogP contribution in [-0.4, -0.2) is 24.9 Å². The molecule has 0 radical (unpaired) electrons. The number of aromatic nitrogens is 5. The van der Waals surface area contributed by atoms with E-state index < -0.39 is 0 Å². The zero-order valence-electron chi connectivity index (χ0n) is 28.1. The van der Waals surface area contributed by atoms with Crippen LogP contribution in [0.4, 0.5) is 0 Å². The van der Waals surface area contributed by atoms with Gasteiger partial charge in [0, 0.05) is 46.6 Å². The maximum atomic E-state index is 5.34. The van der Waals surface area contributed by atoms with Crippen molar-refractivity contribution < 1.29 is 0 Å². The first-order valence-corrected chi connectivity index (χ1v) is 17.2. The summed E-state index contributed by atoms with van der Waals surface area (Å²) in [5.74, 6) is 2.35. The average Bonchev–Trinajstić information content (AvgIpc) is 3.19. The van der Waals surface area contributed by atoms with Crippen molar-refractivity contribution in [2.45, 2.75) is 25.7 Å². The minimum atomic E-state index is -0.0912. The molecule has 0 N–H and O–H groups in total. The third kappa shape index (κ3) is 6.26. The van der Waals surface area contributed by atoms with Crippen LogP contribution < -0.4 is 0 Å². The lowest BCUT2D eigenvalue weighted by Crippen LogP contribution is -2.20. The van der Waals surface area contributed by atoms with Crippen LogP contribution in [0, 0.1) is 11.8 Å². The lowest BCUT2D eigenvalue weighted by atomic mass is 9.76. The minimum Gasteiger partial charge on any atom is -0.261 e. The van der Waals surface area contributed by atoms with Crippen LogP contribution in [0.5, 0.6) is 0 Å². The average molecular weight is 648 g/mol. The highest BCUT2D eigenvalue weighted by molar-refractivity contribution is 5.87. The molecule has 242 valence electrons. The topological polar surface area (TPSA) is 64.5 Å². The molecule has 3 aromatic heterocycles. The van der Waals surface area contributed by atoms with E-state index in [1.165, 1.54) is 16.7 Å². The monoisotopic (exact) mass is 647 g/mol. The Labute approximate surface area is 293 Å². The number of nitrogens with zero attached hydrogens (tertiary/aromatic N) is 5. The highest BCUT2D eigenvalue weighted by Crippen LogP contribution is 2.44. The standard InChI is InChI=1S/C45H37N5/c1-30-37(42-24-10-12-26-47-42)21-14-22-38(30)44-48-43(35-20-13-19-34(27-35)41-23-9-11-25-46-41)49-45(50-44)40-29-36(32-15-5-3-6-16-32)28-39(31(40)2)33-17-7-4-8-18-33/h3-31,37,40H,1-2H3. The summed E-state index contributed by atoms with van der Waals surface area (Å²) in [5, 5.41) is 0. The molecule has 2 aliphatic rings. The third-order valence-corrected chi connectivity index (χ3v) is 9.86. The lowest BCUT2D eigenvalue weighted by Gasteiger charge is -2.30. The molecule has 0 saturated carbocycles. The fourth-order valence-corrected chi connectivity index (χ4v) is 7.11. The molecule has 0 fully saturated rings. The molecule has 3 heterocycles. The third-order valence-electron chi connectivity index (χ3n) is 9.86. The summed E-state index contributed by atoms with van der Waals surface area (Å²) in [6, 6.07) is 41.7. The summed E-state index contributed by atoms with van der Waals surface area (Å²) in [5.41, 5.74) is 9.76. The first kappa shape index (κ1) is 31.2. The van der Waals surface area contributed by atoms with Crippen LogP contribution in [-0.2, 0) is 0 Å². The molecule has 0 amide bonds. The van der Waals surface area contributed by atoms with E-state index in [1.807, 2.05) is 42.7 Å². The number of hydrogen-bond donors (Lipinski definition) is 0. The number of allylic oxidation sites excluding steroid dienone is 8. The van der Waals surface area contributed by atoms with Crippen molar-refractivity contribution >= 4 is 16.7 Å². The van der Waals surface area contributed by atoms with Gasteiger partial charge in [0.05, 0.1) is 5.69 Å². The van der Waals surface area contributed by atoms with E-state index in [1.54, 1.807) is 0 Å². The second-order valence-corrected chi connectivity index (χ2v) is 13.0. The Kier molecular flexibility index (Phi) is 8.62. The van der Waals surface area contributed by atoms with Crippen molar-refractivity contribution in [3.8, 4) is 22.6 Å². The predicted octanol–water partition coefficient (Wildman–Crippen LogP) is 10.3. The van der Waals surface area contributed by atoms with Gasteiger partial charge in [0.2, 0.25) is 0 Å². The van der Waals surface area contributed by atoms with Gasteiger partial charge in [-0.25, -0.2) is 15.0 Å². The normalized spacial score (nSPS) is 20.1. The summed E-state index contributed by atoms with van der Waals surface area (Å²) in [6.07, 6.45) is 14.9. The Morgan fingerprint density at radius 3 is 1.92 bits per heavy atom. The molecule has 4 atom stereocenters. The number of benzene rings is 3.